The van der Waals surface area contributed by atoms with Crippen molar-refractivity contribution in [2.24, 2.45) is 0 Å². The third-order valence-corrected chi connectivity index (χ3v) is 1.34. The lowest BCUT2D eigenvalue weighted by molar-refractivity contribution is 0.633. The summed E-state index contributed by atoms with van der Waals surface area (Å²) in [6.45, 7) is 0. The summed E-state index contributed by atoms with van der Waals surface area (Å²) < 4.78 is 12.7. The molecule has 4 heteroatoms. The van der Waals surface area contributed by atoms with E-state index in [9.17, 15) is 4.39 Å². The van der Waals surface area contributed by atoms with Gasteiger partial charge in [-0.05, 0) is 12.1 Å². The third kappa shape index (κ3) is 1.29. The Morgan fingerprint density at radius 2 is 2.00 bits per heavy atom. The Morgan fingerprint density at radius 3 is 2.55 bits per heavy atom. The van der Waals surface area contributed by atoms with Gasteiger partial charge in [0.05, 0.1) is 5.69 Å². The molecule has 0 unspecified atom stereocenters. The first-order chi connectivity index (χ1) is 5.15. The van der Waals surface area contributed by atoms with Crippen LogP contribution in [0.3, 0.4) is 0 Å². The minimum absolute atomic E-state index is 0.0331. The van der Waals surface area contributed by atoms with E-state index in [4.69, 9.17) is 16.9 Å². The van der Waals surface area contributed by atoms with E-state index in [0.29, 0.717) is 5.56 Å². The van der Waals surface area contributed by atoms with Crippen LogP contribution in [0.5, 0.6) is 0 Å². The zero-order chi connectivity index (χ0) is 8.43. The van der Waals surface area contributed by atoms with Gasteiger partial charge in [-0.3, -0.25) is 0 Å². The molecule has 0 amide bonds. The van der Waals surface area contributed by atoms with Gasteiger partial charge in [-0.15, -0.1) is 0 Å². The molecular weight excluding hydrogens is 145 g/mol. The van der Waals surface area contributed by atoms with Gasteiger partial charge in [0.2, 0.25) is 0 Å². The lowest BCUT2D eigenvalue weighted by atomic mass is 10.1. The molecule has 1 aromatic rings. The Labute approximate surface area is 63.3 Å². The van der Waals surface area contributed by atoms with Crippen molar-refractivity contribution in [3.05, 3.63) is 23.5 Å². The monoisotopic (exact) mass is 153 g/mol. The predicted octanol–water partition coefficient (Wildman–Crippen LogP) is 0.988. The van der Waals surface area contributed by atoms with Crippen LogP contribution in [0.25, 0.3) is 0 Å². The summed E-state index contributed by atoms with van der Waals surface area (Å²) in [6, 6.07) is 2.58. The predicted molar refractivity (Wildman–Crippen MR) is 43.1 cm³/mol. The summed E-state index contributed by atoms with van der Waals surface area (Å²) in [6.07, 6.45) is 0.967. The molecule has 58 valence electrons. The van der Waals surface area contributed by atoms with Gasteiger partial charge in [-0.25, -0.2) is 4.39 Å². The minimum atomic E-state index is -0.580. The molecule has 0 saturated carbocycles. The number of nitrogen functional groups attached to an aromatic ring is 2. The topological polar surface area (TPSA) is 75.9 Å². The first kappa shape index (κ1) is 7.53. The fourth-order valence-corrected chi connectivity index (χ4v) is 0.780. The summed E-state index contributed by atoms with van der Waals surface area (Å²) in [4.78, 5) is 0. The third-order valence-electron chi connectivity index (χ3n) is 1.34. The highest BCUT2D eigenvalue weighted by Crippen LogP contribution is 2.17. The zero-order valence-electron chi connectivity index (χ0n) is 5.76. The van der Waals surface area contributed by atoms with Crippen molar-refractivity contribution in [2.45, 2.75) is 0 Å². The van der Waals surface area contributed by atoms with Crippen LogP contribution in [-0.4, -0.2) is 6.21 Å². The molecule has 0 heterocycles. The molecule has 11 heavy (non-hydrogen) atoms. The van der Waals surface area contributed by atoms with Crippen molar-refractivity contribution in [1.29, 1.82) is 5.41 Å². The van der Waals surface area contributed by atoms with Crippen molar-refractivity contribution >= 4 is 17.6 Å². The lowest BCUT2D eigenvalue weighted by Crippen LogP contribution is -1.99. The highest BCUT2D eigenvalue weighted by molar-refractivity contribution is 5.86. The van der Waals surface area contributed by atoms with Crippen molar-refractivity contribution < 1.29 is 4.39 Å². The molecule has 0 saturated heterocycles. The van der Waals surface area contributed by atoms with Gasteiger partial charge in [0, 0.05) is 17.5 Å². The summed E-state index contributed by atoms with van der Waals surface area (Å²) in [7, 11) is 0. The maximum atomic E-state index is 12.7. The molecule has 3 nitrogen and oxygen atoms in total. The largest absolute Gasteiger partial charge is 0.399 e. The first-order valence-corrected chi connectivity index (χ1v) is 3.00. The smallest absolute Gasteiger partial charge is 0.148 e. The quantitative estimate of drug-likeness (QED) is 0.415. The van der Waals surface area contributed by atoms with Crippen LogP contribution < -0.4 is 11.5 Å². The fourth-order valence-electron chi connectivity index (χ4n) is 0.780. The summed E-state index contributed by atoms with van der Waals surface area (Å²) in [5, 5.41) is 6.85. The van der Waals surface area contributed by atoms with Gasteiger partial charge in [-0.1, -0.05) is 0 Å². The second-order valence-electron chi connectivity index (χ2n) is 2.15. The van der Waals surface area contributed by atoms with Gasteiger partial charge in [-0.2, -0.15) is 0 Å². The van der Waals surface area contributed by atoms with Gasteiger partial charge in [0.25, 0.3) is 0 Å². The summed E-state index contributed by atoms with van der Waals surface area (Å²) in [5.41, 5.74) is 11.1. The molecule has 0 aliphatic carbocycles. The van der Waals surface area contributed by atoms with E-state index < -0.39 is 5.82 Å². The molecule has 1 rings (SSSR count). The Hall–Kier alpha value is -1.58. The number of benzene rings is 1. The SMILES string of the molecule is N=Cc1cc(N)cc(F)c1N. The Kier molecular flexibility index (Phi) is 1.76. The molecule has 1 aromatic carbocycles. The Morgan fingerprint density at radius 1 is 1.36 bits per heavy atom. The highest BCUT2D eigenvalue weighted by Gasteiger charge is 2.03. The molecule has 0 aromatic heterocycles. The Balaban J connectivity index is 3.35. The van der Waals surface area contributed by atoms with Crippen LogP contribution >= 0.6 is 0 Å². The number of nitrogens with two attached hydrogens (primary N) is 2. The van der Waals surface area contributed by atoms with Crippen LogP contribution in [0.2, 0.25) is 0 Å². The summed E-state index contributed by atoms with van der Waals surface area (Å²) in [5.74, 6) is -0.580. The van der Waals surface area contributed by atoms with E-state index in [1.165, 1.54) is 6.07 Å². The fraction of sp³-hybridized carbons (Fsp3) is 0. The number of halogens is 1. The number of anilines is 2. The molecule has 0 fully saturated rings. The zero-order valence-corrected chi connectivity index (χ0v) is 5.76. The van der Waals surface area contributed by atoms with E-state index in [1.807, 2.05) is 0 Å². The van der Waals surface area contributed by atoms with Crippen LogP contribution in [0, 0.1) is 11.2 Å². The average molecular weight is 153 g/mol. The molecule has 0 spiro atoms. The molecule has 0 aliphatic heterocycles. The van der Waals surface area contributed by atoms with Gasteiger partial charge < -0.3 is 16.9 Å². The van der Waals surface area contributed by atoms with Gasteiger partial charge >= 0.3 is 0 Å². The van der Waals surface area contributed by atoms with Crippen LogP contribution in [0.4, 0.5) is 15.8 Å². The highest BCUT2D eigenvalue weighted by atomic mass is 19.1. The lowest BCUT2D eigenvalue weighted by Gasteiger charge is -2.01. The maximum Gasteiger partial charge on any atom is 0.148 e. The van der Waals surface area contributed by atoms with Crippen molar-refractivity contribution in [3.8, 4) is 0 Å². The van der Waals surface area contributed by atoms with E-state index in [1.54, 1.807) is 0 Å². The van der Waals surface area contributed by atoms with Crippen molar-refractivity contribution in [3.63, 3.8) is 0 Å². The van der Waals surface area contributed by atoms with E-state index in [-0.39, 0.29) is 11.4 Å². The van der Waals surface area contributed by atoms with E-state index >= 15 is 0 Å². The Bertz CT molecular complexity index is 296. The molecule has 5 N–H and O–H groups in total. The van der Waals surface area contributed by atoms with Gasteiger partial charge in [0.15, 0.2) is 0 Å². The molecule has 0 atom stereocenters. The number of hydrogen-bond acceptors (Lipinski definition) is 3. The number of hydrogen-bond donors (Lipinski definition) is 3. The minimum Gasteiger partial charge on any atom is -0.399 e. The second kappa shape index (κ2) is 2.57. The van der Waals surface area contributed by atoms with E-state index in [2.05, 4.69) is 0 Å². The normalized spacial score (nSPS) is 9.55. The van der Waals surface area contributed by atoms with Crippen molar-refractivity contribution in [1.82, 2.24) is 0 Å². The van der Waals surface area contributed by atoms with Gasteiger partial charge in [0.1, 0.15) is 5.82 Å². The van der Waals surface area contributed by atoms with Crippen LogP contribution in [0.15, 0.2) is 12.1 Å². The number of rotatable bonds is 1. The average Bonchev–Trinajstić information content (AvgIpc) is 1.96. The van der Waals surface area contributed by atoms with Crippen molar-refractivity contribution in [2.75, 3.05) is 11.5 Å². The molecule has 0 aliphatic rings. The molecular formula is C7H8FN3. The van der Waals surface area contributed by atoms with E-state index in [0.717, 1.165) is 12.3 Å². The maximum absolute atomic E-state index is 12.7. The standard InChI is InChI=1S/C7H8FN3/c8-6-2-5(10)1-4(3-9)7(6)11/h1-3,9H,10-11H2. The van der Waals surface area contributed by atoms with Crippen LogP contribution in [-0.2, 0) is 0 Å². The number of nitrogens with one attached hydrogen (secondary N) is 1. The summed E-state index contributed by atoms with van der Waals surface area (Å²) >= 11 is 0. The second-order valence-corrected chi connectivity index (χ2v) is 2.15. The molecule has 0 radical (unpaired) electrons. The molecule has 0 bridgehead atoms. The first-order valence-electron chi connectivity index (χ1n) is 3.00. The van der Waals surface area contributed by atoms with Crippen LogP contribution in [0.1, 0.15) is 5.56 Å².